The van der Waals surface area contributed by atoms with Crippen molar-refractivity contribution in [1.29, 1.82) is 0 Å². The maximum Gasteiger partial charge on any atom is 0.0308 e. The van der Waals surface area contributed by atoms with Gasteiger partial charge in [0, 0.05) is 18.1 Å². The molecule has 2 heteroatoms. The molecule has 1 aliphatic heterocycles. The van der Waals surface area contributed by atoms with Gasteiger partial charge in [-0.15, -0.1) is 0 Å². The zero-order valence-electron chi connectivity index (χ0n) is 13.4. The molecule has 19 heavy (non-hydrogen) atoms. The average molecular weight is 266 g/mol. The van der Waals surface area contributed by atoms with Crippen molar-refractivity contribution in [3.63, 3.8) is 0 Å². The van der Waals surface area contributed by atoms with E-state index in [9.17, 15) is 0 Å². The van der Waals surface area contributed by atoms with Crippen LogP contribution >= 0.6 is 0 Å². The first kappa shape index (κ1) is 15.3. The highest BCUT2D eigenvalue weighted by atomic mass is 15.2. The third kappa shape index (κ3) is 4.46. The van der Waals surface area contributed by atoms with Crippen LogP contribution in [0.1, 0.15) is 72.1 Å². The molecule has 1 spiro atoms. The number of hydrogen-bond donors (Lipinski definition) is 1. The normalized spacial score (nSPS) is 28.7. The summed E-state index contributed by atoms with van der Waals surface area (Å²) in [6.07, 6.45) is 11.2. The zero-order chi connectivity index (χ0) is 13.7. The molecule has 1 aliphatic carbocycles. The van der Waals surface area contributed by atoms with Gasteiger partial charge in [-0.2, -0.15) is 0 Å². The SMILES string of the molecule is CC(C)CCCN1CC2(CCCCC2)NCCC1C. The number of hydrogen-bond acceptors (Lipinski definition) is 2. The predicted molar refractivity (Wildman–Crippen MR) is 83.5 cm³/mol. The van der Waals surface area contributed by atoms with E-state index in [2.05, 4.69) is 31.0 Å². The van der Waals surface area contributed by atoms with Crippen LogP contribution in [-0.4, -0.2) is 36.1 Å². The van der Waals surface area contributed by atoms with Crippen LogP contribution in [0.2, 0.25) is 0 Å². The van der Waals surface area contributed by atoms with Gasteiger partial charge in [0.05, 0.1) is 0 Å². The van der Waals surface area contributed by atoms with Crippen molar-refractivity contribution in [3.05, 3.63) is 0 Å². The van der Waals surface area contributed by atoms with Crippen LogP contribution < -0.4 is 5.32 Å². The Balaban J connectivity index is 1.90. The van der Waals surface area contributed by atoms with Crippen LogP contribution in [0.25, 0.3) is 0 Å². The van der Waals surface area contributed by atoms with Crippen LogP contribution in [0.3, 0.4) is 0 Å². The lowest BCUT2D eigenvalue weighted by Crippen LogP contribution is -2.53. The summed E-state index contributed by atoms with van der Waals surface area (Å²) >= 11 is 0. The Bertz CT molecular complexity index is 256. The molecule has 1 saturated heterocycles. The Hall–Kier alpha value is -0.0800. The summed E-state index contributed by atoms with van der Waals surface area (Å²) in [6, 6.07) is 0.765. The second-order valence-electron chi connectivity index (χ2n) is 7.41. The number of nitrogens with one attached hydrogen (secondary N) is 1. The molecule has 2 nitrogen and oxygen atoms in total. The van der Waals surface area contributed by atoms with E-state index in [1.165, 1.54) is 71.0 Å². The van der Waals surface area contributed by atoms with Crippen LogP contribution in [0.4, 0.5) is 0 Å². The second-order valence-corrected chi connectivity index (χ2v) is 7.41. The summed E-state index contributed by atoms with van der Waals surface area (Å²) in [6.45, 7) is 10.9. The third-order valence-corrected chi connectivity index (χ3v) is 5.23. The van der Waals surface area contributed by atoms with Gasteiger partial charge in [0.1, 0.15) is 0 Å². The van der Waals surface area contributed by atoms with E-state index in [1.54, 1.807) is 0 Å². The Morgan fingerprint density at radius 3 is 2.63 bits per heavy atom. The smallest absolute Gasteiger partial charge is 0.0308 e. The molecule has 1 saturated carbocycles. The molecule has 0 aromatic rings. The minimum atomic E-state index is 0.459. The molecule has 2 aliphatic rings. The fourth-order valence-corrected chi connectivity index (χ4v) is 3.89. The Morgan fingerprint density at radius 2 is 1.95 bits per heavy atom. The van der Waals surface area contributed by atoms with E-state index in [0.29, 0.717) is 5.54 Å². The highest BCUT2D eigenvalue weighted by Gasteiger charge is 2.36. The van der Waals surface area contributed by atoms with Gasteiger partial charge in [-0.25, -0.2) is 0 Å². The summed E-state index contributed by atoms with van der Waals surface area (Å²) < 4.78 is 0. The summed E-state index contributed by atoms with van der Waals surface area (Å²) in [4.78, 5) is 2.79. The number of nitrogens with zero attached hydrogens (tertiary/aromatic N) is 1. The molecule has 1 heterocycles. The standard InChI is InChI=1S/C17H34N2/c1-15(2)8-7-13-19-14-17(10-5-4-6-11-17)18-12-9-16(19)3/h15-16,18H,4-14H2,1-3H3. The molecule has 0 radical (unpaired) electrons. The van der Waals surface area contributed by atoms with E-state index in [4.69, 9.17) is 0 Å². The first-order chi connectivity index (χ1) is 9.11. The maximum atomic E-state index is 3.91. The Kier molecular flexibility index (Phi) is 5.70. The summed E-state index contributed by atoms with van der Waals surface area (Å²) in [5.41, 5.74) is 0.459. The monoisotopic (exact) mass is 266 g/mol. The highest BCUT2D eigenvalue weighted by Crippen LogP contribution is 2.31. The lowest BCUT2D eigenvalue weighted by Gasteiger charge is -2.41. The zero-order valence-corrected chi connectivity index (χ0v) is 13.4. The van der Waals surface area contributed by atoms with Crippen molar-refractivity contribution in [3.8, 4) is 0 Å². The molecule has 2 fully saturated rings. The van der Waals surface area contributed by atoms with Gasteiger partial charge < -0.3 is 5.32 Å². The number of rotatable bonds is 4. The van der Waals surface area contributed by atoms with Crippen molar-refractivity contribution in [2.45, 2.75) is 83.7 Å². The van der Waals surface area contributed by atoms with Crippen molar-refractivity contribution in [1.82, 2.24) is 10.2 Å². The summed E-state index contributed by atoms with van der Waals surface area (Å²) in [7, 11) is 0. The molecule has 0 aromatic carbocycles. The van der Waals surface area contributed by atoms with Gasteiger partial charge in [-0.3, -0.25) is 4.90 Å². The first-order valence-corrected chi connectivity index (χ1v) is 8.60. The van der Waals surface area contributed by atoms with Crippen LogP contribution in [-0.2, 0) is 0 Å². The fraction of sp³-hybridized carbons (Fsp3) is 1.00. The molecule has 1 atom stereocenters. The Morgan fingerprint density at radius 1 is 1.21 bits per heavy atom. The third-order valence-electron chi connectivity index (χ3n) is 5.23. The van der Waals surface area contributed by atoms with Crippen LogP contribution in [0.5, 0.6) is 0 Å². The fourth-order valence-electron chi connectivity index (χ4n) is 3.89. The maximum absolute atomic E-state index is 3.91. The Labute approximate surface area is 120 Å². The summed E-state index contributed by atoms with van der Waals surface area (Å²) in [5, 5.41) is 3.91. The largest absolute Gasteiger partial charge is 0.310 e. The van der Waals surface area contributed by atoms with E-state index >= 15 is 0 Å². The summed E-state index contributed by atoms with van der Waals surface area (Å²) in [5.74, 6) is 0.851. The van der Waals surface area contributed by atoms with Gasteiger partial charge in [0.2, 0.25) is 0 Å². The quantitative estimate of drug-likeness (QED) is 0.832. The van der Waals surface area contributed by atoms with Crippen molar-refractivity contribution in [2.75, 3.05) is 19.6 Å². The minimum absolute atomic E-state index is 0.459. The molecular formula is C17H34N2. The van der Waals surface area contributed by atoms with Gasteiger partial charge >= 0.3 is 0 Å². The second kappa shape index (κ2) is 7.08. The first-order valence-electron chi connectivity index (χ1n) is 8.60. The van der Waals surface area contributed by atoms with Gasteiger partial charge in [0.15, 0.2) is 0 Å². The van der Waals surface area contributed by atoms with E-state index in [0.717, 1.165) is 12.0 Å². The molecule has 0 amide bonds. The van der Waals surface area contributed by atoms with Gasteiger partial charge in [0.25, 0.3) is 0 Å². The molecule has 1 N–H and O–H groups in total. The van der Waals surface area contributed by atoms with Crippen molar-refractivity contribution >= 4 is 0 Å². The minimum Gasteiger partial charge on any atom is -0.310 e. The molecular weight excluding hydrogens is 232 g/mol. The molecule has 112 valence electrons. The van der Waals surface area contributed by atoms with Crippen LogP contribution in [0.15, 0.2) is 0 Å². The average Bonchev–Trinajstić information content (AvgIpc) is 2.51. The predicted octanol–water partition coefficient (Wildman–Crippen LogP) is 3.81. The lowest BCUT2D eigenvalue weighted by molar-refractivity contribution is 0.134. The molecule has 2 rings (SSSR count). The topological polar surface area (TPSA) is 15.3 Å². The highest BCUT2D eigenvalue weighted by molar-refractivity contribution is 4.96. The van der Waals surface area contributed by atoms with Gasteiger partial charge in [-0.05, 0) is 58.0 Å². The molecule has 0 aromatic heterocycles. The van der Waals surface area contributed by atoms with Gasteiger partial charge in [-0.1, -0.05) is 33.1 Å². The molecule has 0 bridgehead atoms. The lowest BCUT2D eigenvalue weighted by atomic mass is 9.81. The van der Waals surface area contributed by atoms with Crippen molar-refractivity contribution < 1.29 is 0 Å². The van der Waals surface area contributed by atoms with E-state index < -0.39 is 0 Å². The van der Waals surface area contributed by atoms with E-state index in [1.807, 2.05) is 0 Å². The van der Waals surface area contributed by atoms with E-state index in [-0.39, 0.29) is 0 Å². The molecule has 1 unspecified atom stereocenters. The van der Waals surface area contributed by atoms with Crippen molar-refractivity contribution in [2.24, 2.45) is 5.92 Å². The van der Waals surface area contributed by atoms with Crippen LogP contribution in [0, 0.1) is 5.92 Å².